The number of nitrogens with zero attached hydrogens (tertiary/aromatic N) is 2. The Morgan fingerprint density at radius 3 is 1.76 bits per heavy atom. The lowest BCUT2D eigenvalue weighted by atomic mass is 9.94. The molecule has 120 valence electrons. The summed E-state index contributed by atoms with van der Waals surface area (Å²) in [6, 6.07) is 0. The first-order valence-electron chi connectivity index (χ1n) is 8.99. The van der Waals surface area contributed by atoms with Gasteiger partial charge in [0.15, 0.2) is 0 Å². The molecule has 3 heteroatoms. The molecule has 0 saturated heterocycles. The summed E-state index contributed by atoms with van der Waals surface area (Å²) in [4.78, 5) is 12.0. The molecule has 0 bridgehead atoms. The van der Waals surface area contributed by atoms with E-state index in [0.29, 0.717) is 5.92 Å². The van der Waals surface area contributed by atoms with Crippen LogP contribution in [0.3, 0.4) is 0 Å². The molecule has 0 spiro atoms. The van der Waals surface area contributed by atoms with Gasteiger partial charge in [0.25, 0.3) is 0 Å². The second-order valence-corrected chi connectivity index (χ2v) is 6.82. The topological polar surface area (TPSA) is 26.9 Å². The lowest BCUT2D eigenvalue weighted by molar-refractivity contribution is 0.354. The number of rotatable bonds is 2. The van der Waals surface area contributed by atoms with E-state index in [0.717, 1.165) is 6.54 Å². The summed E-state index contributed by atoms with van der Waals surface area (Å²) in [5, 5.41) is 0. The van der Waals surface area contributed by atoms with E-state index in [9.17, 15) is 4.79 Å². The van der Waals surface area contributed by atoms with Crippen LogP contribution in [0.1, 0.15) is 77.0 Å². The molecule has 3 nitrogen and oxygen atoms in total. The number of aromatic nitrogens is 2. The fourth-order valence-corrected chi connectivity index (χ4v) is 3.53. The summed E-state index contributed by atoms with van der Waals surface area (Å²) in [7, 11) is 1.84. The molecule has 0 amide bonds. The highest BCUT2D eigenvalue weighted by molar-refractivity contribution is 4.81. The van der Waals surface area contributed by atoms with Gasteiger partial charge in [0, 0.05) is 26.0 Å². The van der Waals surface area contributed by atoms with Gasteiger partial charge in [-0.15, -0.1) is 0 Å². The van der Waals surface area contributed by atoms with Crippen molar-refractivity contribution in [2.45, 2.75) is 83.6 Å². The van der Waals surface area contributed by atoms with Gasteiger partial charge in [0.05, 0.1) is 0 Å². The van der Waals surface area contributed by atoms with E-state index in [1.165, 1.54) is 77.0 Å². The van der Waals surface area contributed by atoms with Gasteiger partial charge >= 0.3 is 5.69 Å². The van der Waals surface area contributed by atoms with Crippen molar-refractivity contribution in [1.82, 2.24) is 9.13 Å². The molecular weight excluding hydrogens is 260 g/mol. The van der Waals surface area contributed by atoms with Crippen LogP contribution in [0.15, 0.2) is 17.2 Å². The molecule has 0 aromatic carbocycles. The smallest absolute Gasteiger partial charge is 0.302 e. The van der Waals surface area contributed by atoms with Crippen molar-refractivity contribution in [3.05, 3.63) is 22.9 Å². The highest BCUT2D eigenvalue weighted by atomic mass is 16.1. The van der Waals surface area contributed by atoms with Crippen LogP contribution in [0.2, 0.25) is 0 Å². The van der Waals surface area contributed by atoms with Crippen molar-refractivity contribution < 1.29 is 0 Å². The minimum absolute atomic E-state index is 0.137. The molecule has 0 atom stereocenters. The Morgan fingerprint density at radius 2 is 1.33 bits per heavy atom. The lowest BCUT2D eigenvalue weighted by Crippen LogP contribution is -2.25. The van der Waals surface area contributed by atoms with Crippen LogP contribution in [0.5, 0.6) is 0 Å². The second-order valence-electron chi connectivity index (χ2n) is 6.82. The second kappa shape index (κ2) is 9.11. The van der Waals surface area contributed by atoms with Gasteiger partial charge in [0.1, 0.15) is 0 Å². The predicted octanol–water partition coefficient (Wildman–Crippen LogP) is 4.50. The van der Waals surface area contributed by atoms with Gasteiger partial charge in [-0.1, -0.05) is 64.2 Å². The summed E-state index contributed by atoms with van der Waals surface area (Å²) >= 11 is 0. The van der Waals surface area contributed by atoms with Crippen molar-refractivity contribution >= 4 is 0 Å². The fraction of sp³-hybridized carbons (Fsp3) is 0.833. The van der Waals surface area contributed by atoms with Crippen LogP contribution in [0.4, 0.5) is 0 Å². The van der Waals surface area contributed by atoms with Crippen molar-refractivity contribution in [1.29, 1.82) is 0 Å². The summed E-state index contributed by atoms with van der Waals surface area (Å²) in [6.45, 7) is 0.916. The van der Waals surface area contributed by atoms with E-state index >= 15 is 0 Å². The third kappa shape index (κ3) is 5.72. The van der Waals surface area contributed by atoms with E-state index in [1.807, 2.05) is 24.0 Å². The van der Waals surface area contributed by atoms with Crippen LogP contribution >= 0.6 is 0 Å². The Morgan fingerprint density at radius 1 is 0.857 bits per heavy atom. The predicted molar refractivity (Wildman–Crippen MR) is 88.6 cm³/mol. The molecule has 1 aromatic rings. The van der Waals surface area contributed by atoms with Gasteiger partial charge in [-0.25, -0.2) is 4.79 Å². The molecule has 1 fully saturated rings. The molecule has 21 heavy (non-hydrogen) atoms. The van der Waals surface area contributed by atoms with E-state index < -0.39 is 0 Å². The molecule has 1 aliphatic rings. The quantitative estimate of drug-likeness (QED) is 0.788. The molecule has 2 rings (SSSR count). The minimum Gasteiger partial charge on any atom is -0.302 e. The maximum atomic E-state index is 12.0. The molecule has 1 saturated carbocycles. The minimum atomic E-state index is 0.137. The maximum Gasteiger partial charge on any atom is 0.327 e. The zero-order valence-corrected chi connectivity index (χ0v) is 13.7. The first-order chi connectivity index (χ1) is 10.3. The highest BCUT2D eigenvalue weighted by Gasteiger charge is 2.12. The van der Waals surface area contributed by atoms with E-state index in [1.54, 1.807) is 4.57 Å². The zero-order chi connectivity index (χ0) is 14.9. The van der Waals surface area contributed by atoms with Crippen molar-refractivity contribution in [3.8, 4) is 0 Å². The summed E-state index contributed by atoms with van der Waals surface area (Å²) in [6.07, 6.45) is 20.3. The van der Waals surface area contributed by atoms with Gasteiger partial charge in [-0.05, 0) is 18.8 Å². The largest absolute Gasteiger partial charge is 0.327 e. The SMILES string of the molecule is Cn1ccn(CC2CCCCCCCCCCCC2)c1=O. The van der Waals surface area contributed by atoms with Crippen LogP contribution < -0.4 is 5.69 Å². The Bertz CT molecular complexity index is 432. The highest BCUT2D eigenvalue weighted by Crippen LogP contribution is 2.21. The first-order valence-corrected chi connectivity index (χ1v) is 8.99. The number of aryl methyl sites for hydroxylation is 1. The molecule has 0 unspecified atom stereocenters. The third-order valence-corrected chi connectivity index (χ3v) is 4.95. The molecule has 1 aromatic heterocycles. The number of hydrogen-bond donors (Lipinski definition) is 0. The maximum absolute atomic E-state index is 12.0. The van der Waals surface area contributed by atoms with Crippen LogP contribution in [-0.4, -0.2) is 9.13 Å². The van der Waals surface area contributed by atoms with Gasteiger partial charge in [-0.3, -0.25) is 4.57 Å². The van der Waals surface area contributed by atoms with Crippen LogP contribution in [0, 0.1) is 5.92 Å². The third-order valence-electron chi connectivity index (χ3n) is 4.95. The van der Waals surface area contributed by atoms with Crippen molar-refractivity contribution in [3.63, 3.8) is 0 Å². The molecule has 1 aliphatic carbocycles. The molecule has 1 heterocycles. The van der Waals surface area contributed by atoms with Gasteiger partial charge in [0.2, 0.25) is 0 Å². The molecule has 0 aliphatic heterocycles. The first kappa shape index (κ1) is 16.4. The lowest BCUT2D eigenvalue weighted by Gasteiger charge is -2.17. The van der Waals surface area contributed by atoms with Crippen molar-refractivity contribution in [2.75, 3.05) is 0 Å². The fourth-order valence-electron chi connectivity index (χ4n) is 3.53. The monoisotopic (exact) mass is 292 g/mol. The number of imidazole rings is 1. The van der Waals surface area contributed by atoms with Crippen molar-refractivity contribution in [2.24, 2.45) is 13.0 Å². The Kier molecular flexibility index (Phi) is 7.11. The van der Waals surface area contributed by atoms with Gasteiger partial charge in [-0.2, -0.15) is 0 Å². The zero-order valence-electron chi connectivity index (χ0n) is 13.7. The Hall–Kier alpha value is -0.990. The molecular formula is C18H32N2O. The molecule has 0 radical (unpaired) electrons. The normalized spacial score (nSPS) is 20.4. The van der Waals surface area contributed by atoms with E-state index in [4.69, 9.17) is 0 Å². The van der Waals surface area contributed by atoms with Crippen LogP contribution in [-0.2, 0) is 13.6 Å². The summed E-state index contributed by atoms with van der Waals surface area (Å²) < 4.78 is 3.59. The average molecular weight is 292 g/mol. The molecule has 0 N–H and O–H groups in total. The summed E-state index contributed by atoms with van der Waals surface area (Å²) in [5.41, 5.74) is 0.137. The van der Waals surface area contributed by atoms with E-state index in [-0.39, 0.29) is 5.69 Å². The number of hydrogen-bond acceptors (Lipinski definition) is 1. The standard InChI is InChI=1S/C18H32N2O/c1-19-14-15-20(18(19)21)16-17-12-10-8-6-4-2-3-5-7-9-11-13-17/h14-15,17H,2-13,16H2,1H3. The Labute approximate surface area is 129 Å². The average Bonchev–Trinajstić information content (AvgIpc) is 2.80. The Balaban J connectivity index is 1.87. The summed E-state index contributed by atoms with van der Waals surface area (Å²) in [5.74, 6) is 0.686. The van der Waals surface area contributed by atoms with Gasteiger partial charge < -0.3 is 4.57 Å². The van der Waals surface area contributed by atoms with Crippen LogP contribution in [0.25, 0.3) is 0 Å². The van der Waals surface area contributed by atoms with E-state index in [2.05, 4.69) is 0 Å².